The zero-order valence-electron chi connectivity index (χ0n) is 15.4. The van der Waals surface area contributed by atoms with Gasteiger partial charge in [0.25, 0.3) is 5.56 Å². The van der Waals surface area contributed by atoms with Crippen LogP contribution in [0.25, 0.3) is 10.2 Å². The first-order valence-electron chi connectivity index (χ1n) is 8.68. The third-order valence-electron chi connectivity index (χ3n) is 4.09. The zero-order valence-corrected chi connectivity index (χ0v) is 16.2. The van der Waals surface area contributed by atoms with Gasteiger partial charge >= 0.3 is 5.97 Å². The molecule has 0 amide bonds. The van der Waals surface area contributed by atoms with Crippen molar-refractivity contribution in [2.45, 2.75) is 46.8 Å². The Kier molecular flexibility index (Phi) is 5.23. The third kappa shape index (κ3) is 3.70. The highest BCUT2D eigenvalue weighted by molar-refractivity contribution is 7.18. The van der Waals surface area contributed by atoms with Crippen LogP contribution in [0.4, 0.5) is 0 Å². The molecule has 0 N–H and O–H groups in total. The van der Waals surface area contributed by atoms with E-state index in [0.29, 0.717) is 23.3 Å². The number of hydrogen-bond donors (Lipinski definition) is 0. The minimum Gasteiger partial charge on any atom is -0.459 e. The molecule has 0 aliphatic carbocycles. The van der Waals surface area contributed by atoms with Gasteiger partial charge in [0, 0.05) is 4.88 Å². The number of aryl methyl sites for hydroxylation is 2. The molecule has 5 nitrogen and oxygen atoms in total. The van der Waals surface area contributed by atoms with E-state index in [9.17, 15) is 9.59 Å². The van der Waals surface area contributed by atoms with Crippen molar-refractivity contribution in [3.63, 3.8) is 0 Å². The SMILES string of the molecule is CCc1cc2c(=O)n(Cc3cccc(C(=O)OC(C)C)c3)c(C)nc2s1. The van der Waals surface area contributed by atoms with Gasteiger partial charge in [0.15, 0.2) is 0 Å². The molecule has 136 valence electrons. The summed E-state index contributed by atoms with van der Waals surface area (Å²) in [6.45, 7) is 7.91. The minimum absolute atomic E-state index is 0.0430. The Hall–Kier alpha value is -2.47. The van der Waals surface area contributed by atoms with Crippen LogP contribution in [-0.4, -0.2) is 21.6 Å². The van der Waals surface area contributed by atoms with E-state index in [1.54, 1.807) is 34.1 Å². The van der Waals surface area contributed by atoms with E-state index in [1.807, 2.05) is 32.9 Å². The van der Waals surface area contributed by atoms with Crippen LogP contribution in [0, 0.1) is 6.92 Å². The van der Waals surface area contributed by atoms with Gasteiger partial charge in [-0.25, -0.2) is 9.78 Å². The largest absolute Gasteiger partial charge is 0.459 e. The van der Waals surface area contributed by atoms with Gasteiger partial charge in [-0.3, -0.25) is 9.36 Å². The first-order chi connectivity index (χ1) is 12.4. The van der Waals surface area contributed by atoms with Crippen LogP contribution in [0.15, 0.2) is 35.1 Å². The fourth-order valence-corrected chi connectivity index (χ4v) is 3.79. The first kappa shape index (κ1) is 18.3. The monoisotopic (exact) mass is 370 g/mol. The Bertz CT molecular complexity index is 1020. The molecule has 1 aromatic carbocycles. The molecule has 0 radical (unpaired) electrons. The summed E-state index contributed by atoms with van der Waals surface area (Å²) in [5, 5.41) is 0.660. The molecule has 3 aromatic rings. The maximum Gasteiger partial charge on any atom is 0.338 e. The number of thiophene rings is 1. The number of esters is 1. The maximum absolute atomic E-state index is 12.9. The number of carbonyl (C=O) groups is 1. The molecule has 0 fully saturated rings. The topological polar surface area (TPSA) is 61.2 Å². The number of carbonyl (C=O) groups excluding carboxylic acids is 1. The Morgan fingerprint density at radius 2 is 2.08 bits per heavy atom. The molecule has 3 rings (SSSR count). The highest BCUT2D eigenvalue weighted by Gasteiger charge is 2.13. The number of hydrogen-bond acceptors (Lipinski definition) is 5. The maximum atomic E-state index is 12.9. The van der Waals surface area contributed by atoms with Crippen molar-refractivity contribution in [3.8, 4) is 0 Å². The number of nitrogens with zero attached hydrogens (tertiary/aromatic N) is 2. The van der Waals surface area contributed by atoms with Gasteiger partial charge in [-0.05, 0) is 51.0 Å². The fourth-order valence-electron chi connectivity index (χ4n) is 2.79. The van der Waals surface area contributed by atoms with E-state index < -0.39 is 0 Å². The van der Waals surface area contributed by atoms with E-state index in [-0.39, 0.29) is 17.6 Å². The summed E-state index contributed by atoms with van der Waals surface area (Å²) in [6, 6.07) is 9.12. The zero-order chi connectivity index (χ0) is 18.8. The average molecular weight is 370 g/mol. The van der Waals surface area contributed by atoms with Gasteiger partial charge in [-0.1, -0.05) is 19.1 Å². The lowest BCUT2D eigenvalue weighted by Gasteiger charge is -2.11. The van der Waals surface area contributed by atoms with Crippen LogP contribution in [0.1, 0.15) is 47.4 Å². The molecule has 2 heterocycles. The van der Waals surface area contributed by atoms with Gasteiger partial charge in [-0.15, -0.1) is 11.3 Å². The number of aromatic nitrogens is 2. The van der Waals surface area contributed by atoms with Gasteiger partial charge in [0.2, 0.25) is 0 Å². The van der Waals surface area contributed by atoms with E-state index in [1.165, 1.54) is 0 Å². The van der Waals surface area contributed by atoms with Crippen molar-refractivity contribution in [2.75, 3.05) is 0 Å². The average Bonchev–Trinajstić information content (AvgIpc) is 3.01. The Morgan fingerprint density at radius 3 is 2.77 bits per heavy atom. The normalized spacial score (nSPS) is 11.3. The highest BCUT2D eigenvalue weighted by atomic mass is 32.1. The quantitative estimate of drug-likeness (QED) is 0.638. The van der Waals surface area contributed by atoms with Crippen molar-refractivity contribution in [1.82, 2.24) is 9.55 Å². The molecular formula is C20H22N2O3S. The molecular weight excluding hydrogens is 348 g/mol. The predicted molar refractivity (Wildman–Crippen MR) is 104 cm³/mol. The van der Waals surface area contributed by atoms with Crippen LogP contribution < -0.4 is 5.56 Å². The van der Waals surface area contributed by atoms with Crippen molar-refractivity contribution in [1.29, 1.82) is 0 Å². The van der Waals surface area contributed by atoms with Gasteiger partial charge in [0.1, 0.15) is 10.7 Å². The van der Waals surface area contributed by atoms with E-state index in [0.717, 1.165) is 21.7 Å². The summed E-state index contributed by atoms with van der Waals surface area (Å²) in [4.78, 5) is 31.5. The van der Waals surface area contributed by atoms with E-state index in [2.05, 4.69) is 11.9 Å². The van der Waals surface area contributed by atoms with Crippen LogP contribution in [0.5, 0.6) is 0 Å². The first-order valence-corrected chi connectivity index (χ1v) is 9.50. The van der Waals surface area contributed by atoms with Crippen LogP contribution >= 0.6 is 11.3 Å². The second-order valence-corrected chi connectivity index (χ2v) is 7.61. The van der Waals surface area contributed by atoms with E-state index >= 15 is 0 Å². The molecule has 0 unspecified atom stereocenters. The van der Waals surface area contributed by atoms with Gasteiger partial charge in [0.05, 0.1) is 23.6 Å². The summed E-state index contributed by atoms with van der Waals surface area (Å²) in [7, 11) is 0. The van der Waals surface area contributed by atoms with Crippen LogP contribution in [0.2, 0.25) is 0 Å². The molecule has 0 saturated carbocycles. The summed E-state index contributed by atoms with van der Waals surface area (Å²) >= 11 is 1.57. The molecule has 26 heavy (non-hydrogen) atoms. The smallest absolute Gasteiger partial charge is 0.338 e. The van der Waals surface area contributed by atoms with Crippen molar-refractivity contribution >= 4 is 27.5 Å². The standard InChI is InChI=1S/C20H22N2O3S/c1-5-16-10-17-18(26-16)21-13(4)22(19(17)23)11-14-7-6-8-15(9-14)20(24)25-12(2)3/h6-10,12H,5,11H2,1-4H3. The molecule has 0 aliphatic rings. The Labute approximate surface area is 156 Å². The molecule has 2 aromatic heterocycles. The van der Waals surface area contributed by atoms with Crippen molar-refractivity contribution < 1.29 is 9.53 Å². The Morgan fingerprint density at radius 1 is 1.31 bits per heavy atom. The van der Waals surface area contributed by atoms with Crippen molar-refractivity contribution in [3.05, 3.63) is 62.5 Å². The minimum atomic E-state index is -0.357. The molecule has 0 spiro atoms. The Balaban J connectivity index is 1.96. The molecule has 0 atom stereocenters. The fraction of sp³-hybridized carbons (Fsp3) is 0.350. The van der Waals surface area contributed by atoms with Gasteiger partial charge < -0.3 is 4.74 Å². The predicted octanol–water partition coefficient (Wildman–Crippen LogP) is 3.94. The number of ether oxygens (including phenoxy) is 1. The lowest BCUT2D eigenvalue weighted by atomic mass is 10.1. The lowest BCUT2D eigenvalue weighted by molar-refractivity contribution is 0.0378. The molecule has 0 aliphatic heterocycles. The van der Waals surface area contributed by atoms with Crippen LogP contribution in [-0.2, 0) is 17.7 Å². The van der Waals surface area contributed by atoms with Crippen molar-refractivity contribution in [2.24, 2.45) is 0 Å². The third-order valence-corrected chi connectivity index (χ3v) is 5.26. The van der Waals surface area contributed by atoms with Crippen LogP contribution in [0.3, 0.4) is 0 Å². The number of fused-ring (bicyclic) bond motifs is 1. The summed E-state index contributed by atoms with van der Waals surface area (Å²) in [5.74, 6) is 0.312. The second kappa shape index (κ2) is 7.41. The summed E-state index contributed by atoms with van der Waals surface area (Å²) in [6.07, 6.45) is 0.716. The highest BCUT2D eigenvalue weighted by Crippen LogP contribution is 2.22. The lowest BCUT2D eigenvalue weighted by Crippen LogP contribution is -2.24. The second-order valence-electron chi connectivity index (χ2n) is 6.49. The molecule has 0 bridgehead atoms. The van der Waals surface area contributed by atoms with Gasteiger partial charge in [-0.2, -0.15) is 0 Å². The summed E-state index contributed by atoms with van der Waals surface area (Å²) < 4.78 is 6.90. The number of benzene rings is 1. The number of rotatable bonds is 5. The molecule has 6 heteroatoms. The van der Waals surface area contributed by atoms with E-state index in [4.69, 9.17) is 4.74 Å². The molecule has 0 saturated heterocycles. The summed E-state index contributed by atoms with van der Waals surface area (Å²) in [5.41, 5.74) is 1.30.